The highest BCUT2D eigenvalue weighted by Gasteiger charge is 2.50. The highest BCUT2D eigenvalue weighted by Crippen LogP contribution is 2.29. The zero-order valence-corrected chi connectivity index (χ0v) is 18.9. The van der Waals surface area contributed by atoms with Gasteiger partial charge in [0.25, 0.3) is 0 Å². The van der Waals surface area contributed by atoms with Crippen molar-refractivity contribution in [1.82, 2.24) is 0 Å². The van der Waals surface area contributed by atoms with Crippen LogP contribution in [0.15, 0.2) is 91.0 Å². The lowest BCUT2D eigenvalue weighted by atomic mass is 10.1. The predicted molar refractivity (Wildman–Crippen MR) is 124 cm³/mol. The summed E-state index contributed by atoms with van der Waals surface area (Å²) in [7, 11) is 1.38. The van der Waals surface area contributed by atoms with Gasteiger partial charge in [0.05, 0.1) is 16.7 Å². The summed E-state index contributed by atoms with van der Waals surface area (Å²) in [6.07, 6.45) is -4.17. The second kappa shape index (κ2) is 11.4. The predicted octanol–water partition coefficient (Wildman–Crippen LogP) is 3.67. The van der Waals surface area contributed by atoms with Crippen molar-refractivity contribution < 1.29 is 38.1 Å². The zero-order chi connectivity index (χ0) is 24.6. The Morgan fingerprint density at radius 2 is 1.09 bits per heavy atom. The molecule has 0 saturated carbocycles. The number of carbonyl (C=O) groups is 3. The Morgan fingerprint density at radius 1 is 0.657 bits per heavy atom. The van der Waals surface area contributed by atoms with Gasteiger partial charge in [0.15, 0.2) is 18.5 Å². The molecule has 1 aliphatic heterocycles. The van der Waals surface area contributed by atoms with Crippen LogP contribution in [0, 0.1) is 0 Å². The van der Waals surface area contributed by atoms with Gasteiger partial charge in [0.2, 0.25) is 0 Å². The zero-order valence-electron chi connectivity index (χ0n) is 18.9. The van der Waals surface area contributed by atoms with Gasteiger partial charge in [-0.3, -0.25) is 0 Å². The normalized spacial score (nSPS) is 21.2. The number of rotatable bonds is 8. The summed E-state index contributed by atoms with van der Waals surface area (Å²) >= 11 is 0. The molecule has 3 aromatic carbocycles. The van der Waals surface area contributed by atoms with Gasteiger partial charge in [-0.25, -0.2) is 14.4 Å². The van der Waals surface area contributed by atoms with Crippen LogP contribution in [0.1, 0.15) is 31.1 Å². The number of esters is 3. The van der Waals surface area contributed by atoms with Crippen LogP contribution in [0.5, 0.6) is 0 Å². The first-order valence-electron chi connectivity index (χ1n) is 11.0. The molecule has 2 unspecified atom stereocenters. The van der Waals surface area contributed by atoms with Crippen molar-refractivity contribution >= 4 is 17.9 Å². The molecule has 8 nitrogen and oxygen atoms in total. The van der Waals surface area contributed by atoms with E-state index in [2.05, 4.69) is 0 Å². The average molecular weight is 476 g/mol. The first-order chi connectivity index (χ1) is 17.1. The Hall–Kier alpha value is -4.01. The molecule has 4 atom stereocenters. The molecular formula is C27H24O8. The molecule has 0 bridgehead atoms. The molecule has 0 amide bonds. The molecule has 0 aliphatic carbocycles. The van der Waals surface area contributed by atoms with E-state index in [1.165, 1.54) is 7.11 Å². The van der Waals surface area contributed by atoms with Crippen LogP contribution in [0.2, 0.25) is 0 Å². The summed E-state index contributed by atoms with van der Waals surface area (Å²) in [4.78, 5) is 38.0. The van der Waals surface area contributed by atoms with Crippen molar-refractivity contribution in [3.63, 3.8) is 0 Å². The van der Waals surface area contributed by atoms with Crippen LogP contribution >= 0.6 is 0 Å². The summed E-state index contributed by atoms with van der Waals surface area (Å²) in [5, 5.41) is 0. The molecular weight excluding hydrogens is 452 g/mol. The SMILES string of the molecule is COC1O[C@@H](COC(=O)c2ccccc2)C(OC(=O)c2ccccc2)[C@H]1OC(=O)c1ccccc1. The molecule has 0 spiro atoms. The maximum atomic E-state index is 12.8. The Kier molecular flexibility index (Phi) is 7.87. The van der Waals surface area contributed by atoms with E-state index >= 15 is 0 Å². The van der Waals surface area contributed by atoms with E-state index in [0.717, 1.165) is 0 Å². The van der Waals surface area contributed by atoms with Crippen molar-refractivity contribution in [3.05, 3.63) is 108 Å². The van der Waals surface area contributed by atoms with E-state index in [1.54, 1.807) is 91.0 Å². The third-order valence-corrected chi connectivity index (χ3v) is 5.39. The lowest BCUT2D eigenvalue weighted by Gasteiger charge is -2.24. The third kappa shape index (κ3) is 5.92. The maximum Gasteiger partial charge on any atom is 0.338 e. The van der Waals surface area contributed by atoms with Crippen LogP contribution in [-0.2, 0) is 23.7 Å². The van der Waals surface area contributed by atoms with Gasteiger partial charge in [0, 0.05) is 7.11 Å². The number of ether oxygens (including phenoxy) is 5. The van der Waals surface area contributed by atoms with Gasteiger partial charge in [-0.1, -0.05) is 54.6 Å². The molecule has 35 heavy (non-hydrogen) atoms. The Morgan fingerprint density at radius 3 is 1.54 bits per heavy atom. The summed E-state index contributed by atoms with van der Waals surface area (Å²) in [6.45, 7) is -0.250. The molecule has 3 aromatic rings. The minimum atomic E-state index is -1.10. The average Bonchev–Trinajstić information content (AvgIpc) is 3.24. The molecule has 0 aromatic heterocycles. The summed E-state index contributed by atoms with van der Waals surface area (Å²) < 4.78 is 28.0. The molecule has 180 valence electrons. The molecule has 0 N–H and O–H groups in total. The summed E-state index contributed by atoms with van der Waals surface area (Å²) in [5.74, 6) is -1.85. The van der Waals surface area contributed by atoms with Crippen molar-refractivity contribution in [2.45, 2.75) is 24.6 Å². The number of methoxy groups -OCH3 is 1. The van der Waals surface area contributed by atoms with E-state index in [0.29, 0.717) is 16.7 Å². The first kappa shape index (κ1) is 24.1. The standard InChI is InChI=1S/C27H24O8/c1-31-27-23(35-26(30)20-15-9-4-10-16-20)22(34-25(29)19-13-7-3-8-14-19)21(33-27)17-32-24(28)18-11-5-2-6-12-18/h2-16,21-23,27H,17H2,1H3/t21-,22?,23+,27?/m0/s1. The number of carbonyl (C=O) groups excluding carboxylic acids is 3. The van der Waals surface area contributed by atoms with E-state index in [1.807, 2.05) is 0 Å². The molecule has 1 heterocycles. The smallest absolute Gasteiger partial charge is 0.338 e. The lowest BCUT2D eigenvalue weighted by molar-refractivity contribution is -0.155. The van der Waals surface area contributed by atoms with Gasteiger partial charge < -0.3 is 23.7 Å². The second-order valence-corrected chi connectivity index (χ2v) is 7.72. The highest BCUT2D eigenvalue weighted by molar-refractivity contribution is 5.90. The topological polar surface area (TPSA) is 97.4 Å². The molecule has 0 radical (unpaired) electrons. The van der Waals surface area contributed by atoms with Crippen LogP contribution < -0.4 is 0 Å². The van der Waals surface area contributed by atoms with Crippen molar-refractivity contribution in [1.29, 1.82) is 0 Å². The number of hydrogen-bond acceptors (Lipinski definition) is 8. The maximum absolute atomic E-state index is 12.8. The first-order valence-corrected chi connectivity index (χ1v) is 11.0. The summed E-state index contributed by atoms with van der Waals surface area (Å²) in [5.41, 5.74) is 0.981. The van der Waals surface area contributed by atoms with Gasteiger partial charge in [-0.15, -0.1) is 0 Å². The van der Waals surface area contributed by atoms with Crippen molar-refractivity contribution in [3.8, 4) is 0 Å². The van der Waals surface area contributed by atoms with E-state index in [9.17, 15) is 14.4 Å². The minimum Gasteiger partial charge on any atom is -0.459 e. The Bertz CT molecular complexity index is 1130. The van der Waals surface area contributed by atoms with E-state index < -0.39 is 42.5 Å². The molecule has 1 saturated heterocycles. The monoisotopic (exact) mass is 476 g/mol. The fourth-order valence-electron chi connectivity index (χ4n) is 3.63. The van der Waals surface area contributed by atoms with E-state index in [4.69, 9.17) is 23.7 Å². The van der Waals surface area contributed by atoms with Crippen molar-refractivity contribution in [2.24, 2.45) is 0 Å². The number of hydrogen-bond donors (Lipinski definition) is 0. The van der Waals surface area contributed by atoms with Gasteiger partial charge in [-0.05, 0) is 36.4 Å². The van der Waals surface area contributed by atoms with Gasteiger partial charge in [-0.2, -0.15) is 0 Å². The third-order valence-electron chi connectivity index (χ3n) is 5.39. The molecule has 1 aliphatic rings. The molecule has 1 fully saturated rings. The molecule has 4 rings (SSSR count). The van der Waals surface area contributed by atoms with E-state index in [-0.39, 0.29) is 6.61 Å². The Balaban J connectivity index is 1.54. The fourth-order valence-corrected chi connectivity index (χ4v) is 3.63. The quantitative estimate of drug-likeness (QED) is 0.359. The minimum absolute atomic E-state index is 0.250. The number of benzene rings is 3. The Labute approximate surface area is 202 Å². The van der Waals surface area contributed by atoms with Crippen LogP contribution in [0.25, 0.3) is 0 Å². The van der Waals surface area contributed by atoms with Crippen LogP contribution in [0.4, 0.5) is 0 Å². The van der Waals surface area contributed by atoms with Crippen molar-refractivity contribution in [2.75, 3.05) is 13.7 Å². The summed E-state index contributed by atoms with van der Waals surface area (Å²) in [6, 6.07) is 25.2. The van der Waals surface area contributed by atoms with Crippen LogP contribution in [-0.4, -0.2) is 56.2 Å². The fraction of sp³-hybridized carbons (Fsp3) is 0.222. The highest BCUT2D eigenvalue weighted by atomic mass is 16.7. The van der Waals surface area contributed by atoms with Gasteiger partial charge in [0.1, 0.15) is 12.7 Å². The molecule has 8 heteroatoms. The largest absolute Gasteiger partial charge is 0.459 e. The van der Waals surface area contributed by atoms with Crippen LogP contribution in [0.3, 0.4) is 0 Å². The lowest BCUT2D eigenvalue weighted by Crippen LogP contribution is -2.42. The van der Waals surface area contributed by atoms with Gasteiger partial charge >= 0.3 is 17.9 Å². The second-order valence-electron chi connectivity index (χ2n) is 7.72.